The van der Waals surface area contributed by atoms with Crippen LogP contribution < -0.4 is 5.73 Å². The second kappa shape index (κ2) is 5.58. The number of nitrogens with zero attached hydrogens (tertiary/aromatic N) is 2. The van der Waals surface area contributed by atoms with Crippen LogP contribution in [-0.4, -0.2) is 48.7 Å². The smallest absolute Gasteiger partial charge is 0.246 e. The van der Waals surface area contributed by atoms with Crippen molar-refractivity contribution in [3.63, 3.8) is 0 Å². The van der Waals surface area contributed by atoms with E-state index < -0.39 is 10.0 Å². The standard InChI is InChI=1S/C11H20N4O3S/c1-3-9-7-15(4-5-18-9)19(16,17)11-8(2)13-14-10(11)6-12/h9H,3-7,12H2,1-2H3,(H,13,14). The van der Waals surface area contributed by atoms with Crippen molar-refractivity contribution in [1.29, 1.82) is 0 Å². The number of morpholine rings is 1. The molecule has 19 heavy (non-hydrogen) atoms. The predicted molar refractivity (Wildman–Crippen MR) is 70.0 cm³/mol. The van der Waals surface area contributed by atoms with Crippen LogP contribution in [0, 0.1) is 6.92 Å². The number of sulfonamides is 1. The van der Waals surface area contributed by atoms with Gasteiger partial charge < -0.3 is 10.5 Å². The summed E-state index contributed by atoms with van der Waals surface area (Å²) in [7, 11) is -3.56. The molecule has 8 heteroatoms. The molecule has 7 nitrogen and oxygen atoms in total. The number of hydrogen-bond donors (Lipinski definition) is 2. The van der Waals surface area contributed by atoms with Crippen LogP contribution in [0.25, 0.3) is 0 Å². The first-order valence-electron chi connectivity index (χ1n) is 6.36. The zero-order valence-electron chi connectivity index (χ0n) is 11.2. The molecule has 1 aromatic heterocycles. The summed E-state index contributed by atoms with van der Waals surface area (Å²) in [6, 6.07) is 0. The fourth-order valence-electron chi connectivity index (χ4n) is 2.24. The highest BCUT2D eigenvalue weighted by atomic mass is 32.2. The Morgan fingerprint density at radius 3 is 2.95 bits per heavy atom. The normalized spacial score (nSPS) is 21.7. The molecule has 1 saturated heterocycles. The molecule has 0 bridgehead atoms. The number of nitrogens with one attached hydrogen (secondary N) is 1. The summed E-state index contributed by atoms with van der Waals surface area (Å²) in [6.07, 6.45) is 0.747. The van der Waals surface area contributed by atoms with Crippen molar-refractivity contribution in [2.45, 2.75) is 37.8 Å². The maximum absolute atomic E-state index is 12.7. The summed E-state index contributed by atoms with van der Waals surface area (Å²) in [5, 5.41) is 6.64. The number of H-pyrrole nitrogens is 1. The molecule has 0 aliphatic carbocycles. The van der Waals surface area contributed by atoms with Crippen LogP contribution >= 0.6 is 0 Å². The summed E-state index contributed by atoms with van der Waals surface area (Å²) in [6.45, 7) is 4.94. The SMILES string of the molecule is CCC1CN(S(=O)(=O)c2c(CN)n[nH]c2C)CCO1. The number of ether oxygens (including phenoxy) is 1. The topological polar surface area (TPSA) is 101 Å². The van der Waals surface area contributed by atoms with Gasteiger partial charge in [0.2, 0.25) is 10.0 Å². The molecule has 0 aromatic carbocycles. The molecular weight excluding hydrogens is 268 g/mol. The Morgan fingerprint density at radius 1 is 1.58 bits per heavy atom. The first-order valence-corrected chi connectivity index (χ1v) is 7.80. The molecule has 0 saturated carbocycles. The quantitative estimate of drug-likeness (QED) is 0.810. The van der Waals surface area contributed by atoms with Gasteiger partial charge in [-0.2, -0.15) is 9.40 Å². The van der Waals surface area contributed by atoms with Gasteiger partial charge in [0, 0.05) is 19.6 Å². The van der Waals surface area contributed by atoms with Crippen LogP contribution in [0.5, 0.6) is 0 Å². The zero-order valence-corrected chi connectivity index (χ0v) is 12.0. The van der Waals surface area contributed by atoms with Gasteiger partial charge in [-0.25, -0.2) is 8.42 Å². The van der Waals surface area contributed by atoms with Gasteiger partial charge in [-0.15, -0.1) is 0 Å². The summed E-state index contributed by atoms with van der Waals surface area (Å²) in [5.74, 6) is 0. The first-order chi connectivity index (χ1) is 9.00. The molecule has 1 aliphatic heterocycles. The second-order valence-corrected chi connectivity index (χ2v) is 6.47. The van der Waals surface area contributed by atoms with Crippen LogP contribution in [-0.2, 0) is 21.3 Å². The minimum atomic E-state index is -3.56. The third-order valence-corrected chi connectivity index (χ3v) is 5.38. The molecule has 1 aromatic rings. The van der Waals surface area contributed by atoms with Gasteiger partial charge >= 0.3 is 0 Å². The number of aromatic amines is 1. The predicted octanol–water partition coefficient (Wildman–Crippen LogP) is -0.0237. The number of aromatic nitrogens is 2. The van der Waals surface area contributed by atoms with E-state index >= 15 is 0 Å². The van der Waals surface area contributed by atoms with E-state index in [4.69, 9.17) is 10.5 Å². The molecule has 1 fully saturated rings. The summed E-state index contributed by atoms with van der Waals surface area (Å²) in [4.78, 5) is 0.215. The van der Waals surface area contributed by atoms with Gasteiger partial charge in [0.05, 0.1) is 24.1 Å². The maximum atomic E-state index is 12.7. The van der Waals surface area contributed by atoms with Crippen LogP contribution in [0.1, 0.15) is 24.7 Å². The number of nitrogens with two attached hydrogens (primary N) is 1. The molecule has 0 spiro atoms. The van der Waals surface area contributed by atoms with Crippen LogP contribution in [0.15, 0.2) is 4.90 Å². The molecule has 0 radical (unpaired) electrons. The average Bonchev–Trinajstić information content (AvgIpc) is 2.80. The van der Waals surface area contributed by atoms with Crippen molar-refractivity contribution >= 4 is 10.0 Å². The van der Waals surface area contributed by atoms with Crippen molar-refractivity contribution in [2.24, 2.45) is 5.73 Å². The summed E-state index contributed by atoms with van der Waals surface area (Å²) < 4.78 is 32.3. The summed E-state index contributed by atoms with van der Waals surface area (Å²) >= 11 is 0. The van der Waals surface area contributed by atoms with Crippen LogP contribution in [0.4, 0.5) is 0 Å². The monoisotopic (exact) mass is 288 g/mol. The second-order valence-electron chi connectivity index (χ2n) is 4.59. The zero-order chi connectivity index (χ0) is 14.0. The van der Waals surface area contributed by atoms with Gasteiger partial charge in [0.15, 0.2) is 0 Å². The Balaban J connectivity index is 2.34. The Hall–Kier alpha value is -0.960. The van der Waals surface area contributed by atoms with E-state index in [1.807, 2.05) is 6.92 Å². The van der Waals surface area contributed by atoms with E-state index in [0.717, 1.165) is 6.42 Å². The van der Waals surface area contributed by atoms with Gasteiger partial charge in [-0.1, -0.05) is 6.92 Å². The van der Waals surface area contributed by atoms with Crippen molar-refractivity contribution in [1.82, 2.24) is 14.5 Å². The highest BCUT2D eigenvalue weighted by Gasteiger charge is 2.33. The van der Waals surface area contributed by atoms with Gasteiger partial charge in [-0.05, 0) is 13.3 Å². The molecule has 1 aliphatic rings. The van der Waals surface area contributed by atoms with Crippen LogP contribution in [0.3, 0.4) is 0 Å². The lowest BCUT2D eigenvalue weighted by Crippen LogP contribution is -2.45. The summed E-state index contributed by atoms with van der Waals surface area (Å²) in [5.41, 5.74) is 6.47. The van der Waals surface area contributed by atoms with Crippen molar-refractivity contribution in [3.05, 3.63) is 11.4 Å². The molecular formula is C11H20N4O3S. The molecule has 1 atom stereocenters. The van der Waals surface area contributed by atoms with Gasteiger partial charge in [-0.3, -0.25) is 5.10 Å². The number of hydrogen-bond acceptors (Lipinski definition) is 5. The Morgan fingerprint density at radius 2 is 2.32 bits per heavy atom. The fraction of sp³-hybridized carbons (Fsp3) is 0.727. The lowest BCUT2D eigenvalue weighted by Gasteiger charge is -2.31. The van der Waals surface area contributed by atoms with E-state index in [2.05, 4.69) is 10.2 Å². The molecule has 1 unspecified atom stereocenters. The van der Waals surface area contributed by atoms with E-state index in [1.165, 1.54) is 4.31 Å². The minimum Gasteiger partial charge on any atom is -0.375 e. The largest absolute Gasteiger partial charge is 0.375 e. The fourth-order valence-corrected chi connectivity index (χ4v) is 4.03. The van der Waals surface area contributed by atoms with Gasteiger partial charge in [0.25, 0.3) is 0 Å². The van der Waals surface area contributed by atoms with E-state index in [1.54, 1.807) is 6.92 Å². The number of aryl methyl sites for hydroxylation is 1. The molecule has 0 amide bonds. The van der Waals surface area contributed by atoms with Gasteiger partial charge in [0.1, 0.15) is 4.90 Å². The maximum Gasteiger partial charge on any atom is 0.246 e. The number of rotatable bonds is 4. The van der Waals surface area contributed by atoms with Crippen molar-refractivity contribution in [3.8, 4) is 0 Å². The minimum absolute atomic E-state index is 0.0444. The molecule has 2 heterocycles. The highest BCUT2D eigenvalue weighted by Crippen LogP contribution is 2.24. The molecule has 3 N–H and O–H groups in total. The van der Waals surface area contributed by atoms with Crippen LogP contribution in [0.2, 0.25) is 0 Å². The first kappa shape index (κ1) is 14.4. The highest BCUT2D eigenvalue weighted by molar-refractivity contribution is 7.89. The van der Waals surface area contributed by atoms with E-state index in [0.29, 0.717) is 31.1 Å². The molecule has 108 valence electrons. The third kappa shape index (κ3) is 2.66. The van der Waals surface area contributed by atoms with E-state index in [-0.39, 0.29) is 17.5 Å². The molecule has 2 rings (SSSR count). The van der Waals surface area contributed by atoms with Crippen molar-refractivity contribution in [2.75, 3.05) is 19.7 Å². The lowest BCUT2D eigenvalue weighted by atomic mass is 10.2. The lowest BCUT2D eigenvalue weighted by molar-refractivity contribution is -0.00280. The Labute approximate surface area is 113 Å². The average molecular weight is 288 g/mol. The Bertz CT molecular complexity index is 540. The Kier molecular flexibility index (Phi) is 4.24. The van der Waals surface area contributed by atoms with E-state index in [9.17, 15) is 8.42 Å². The third-order valence-electron chi connectivity index (χ3n) is 3.31. The van der Waals surface area contributed by atoms with Crippen molar-refractivity contribution < 1.29 is 13.2 Å².